The maximum absolute atomic E-state index is 12.4. The summed E-state index contributed by atoms with van der Waals surface area (Å²) in [4.78, 5) is 12.4. The Labute approximate surface area is 183 Å². The molecule has 0 saturated carbocycles. The normalized spacial score (nSPS) is 11.3. The van der Waals surface area contributed by atoms with Crippen molar-refractivity contribution in [1.82, 2.24) is 10.2 Å². The van der Waals surface area contributed by atoms with Gasteiger partial charge in [0, 0.05) is 17.6 Å². The highest BCUT2D eigenvalue weighted by Crippen LogP contribution is 2.21. The highest BCUT2D eigenvalue weighted by Gasteiger charge is 2.14. The van der Waals surface area contributed by atoms with Crippen molar-refractivity contribution in [3.8, 4) is 5.75 Å². The van der Waals surface area contributed by atoms with Gasteiger partial charge < -0.3 is 9.15 Å². The summed E-state index contributed by atoms with van der Waals surface area (Å²) in [6, 6.07) is 13.2. The minimum absolute atomic E-state index is 0.0957. The molecule has 0 aliphatic heterocycles. The Morgan fingerprint density at radius 2 is 1.80 bits per heavy atom. The molecule has 0 saturated heterocycles. The number of halogens is 1. The van der Waals surface area contributed by atoms with Gasteiger partial charge in [-0.05, 0) is 48.5 Å². The van der Waals surface area contributed by atoms with Gasteiger partial charge in [-0.2, -0.15) is 0 Å². The fourth-order valence-corrected chi connectivity index (χ4v) is 3.60. The highest BCUT2D eigenvalue weighted by atomic mass is 35.5. The molecule has 11 heteroatoms. The Kier molecular flexibility index (Phi) is 7.01. The molecule has 0 radical (unpaired) electrons. The molecule has 0 aliphatic carbocycles. The number of nitrogens with zero attached hydrogens (tertiary/aromatic N) is 3. The van der Waals surface area contributed by atoms with Crippen LogP contribution in [0.1, 0.15) is 16.2 Å². The quantitative estimate of drug-likeness (QED) is 0.347. The Morgan fingerprint density at radius 1 is 1.13 bits per heavy atom. The van der Waals surface area contributed by atoms with Crippen molar-refractivity contribution in [3.05, 3.63) is 65.0 Å². The third-order valence-corrected chi connectivity index (χ3v) is 6.28. The van der Waals surface area contributed by atoms with Crippen molar-refractivity contribution in [2.75, 3.05) is 23.4 Å². The second kappa shape index (κ2) is 9.50. The largest absolute Gasteiger partial charge is 0.484 e. The molecule has 3 rings (SSSR count). The van der Waals surface area contributed by atoms with E-state index in [9.17, 15) is 13.2 Å². The lowest BCUT2D eigenvalue weighted by atomic mass is 10.1. The summed E-state index contributed by atoms with van der Waals surface area (Å²) >= 11 is 6.94. The van der Waals surface area contributed by atoms with Crippen LogP contribution >= 0.6 is 23.4 Å². The Balaban J connectivity index is 1.52. The van der Waals surface area contributed by atoms with Gasteiger partial charge >= 0.3 is 0 Å². The van der Waals surface area contributed by atoms with Crippen molar-refractivity contribution in [3.63, 3.8) is 0 Å². The highest BCUT2D eigenvalue weighted by molar-refractivity contribution is 7.99. The van der Waals surface area contributed by atoms with Gasteiger partial charge in [0.05, 0.1) is 17.7 Å². The van der Waals surface area contributed by atoms with Crippen LogP contribution in [0.4, 0.5) is 5.69 Å². The molecule has 8 nitrogen and oxygen atoms in total. The van der Waals surface area contributed by atoms with Gasteiger partial charge in [0.1, 0.15) is 5.75 Å². The van der Waals surface area contributed by atoms with Crippen LogP contribution in [0, 0.1) is 0 Å². The number of thioether (sulfide) groups is 1. The van der Waals surface area contributed by atoms with E-state index in [4.69, 9.17) is 20.8 Å². The Hall–Kier alpha value is -2.56. The van der Waals surface area contributed by atoms with Crippen LogP contribution in [-0.4, -0.2) is 43.5 Å². The minimum atomic E-state index is -3.36. The number of hydrogen-bond donors (Lipinski definition) is 0. The second-order valence-corrected chi connectivity index (χ2v) is 9.57. The lowest BCUT2D eigenvalue weighted by Crippen LogP contribution is -2.24. The molecule has 0 unspecified atom stereocenters. The predicted octanol–water partition coefficient (Wildman–Crippen LogP) is 3.67. The van der Waals surface area contributed by atoms with Gasteiger partial charge in [0.15, 0.2) is 12.4 Å². The molecule has 2 aromatic carbocycles. The molecular weight excluding hydrogens is 450 g/mol. The number of rotatable bonds is 9. The van der Waals surface area contributed by atoms with Gasteiger partial charge in [0.2, 0.25) is 10.0 Å². The van der Waals surface area contributed by atoms with Crippen molar-refractivity contribution in [1.29, 1.82) is 0 Å². The average molecular weight is 468 g/mol. The second-order valence-electron chi connectivity index (χ2n) is 6.19. The number of hydrogen-bond acceptors (Lipinski definition) is 8. The van der Waals surface area contributed by atoms with Gasteiger partial charge in [-0.15, -0.1) is 10.2 Å². The third kappa shape index (κ3) is 5.97. The van der Waals surface area contributed by atoms with Crippen LogP contribution < -0.4 is 9.04 Å². The van der Waals surface area contributed by atoms with E-state index in [0.29, 0.717) is 22.0 Å². The molecule has 0 N–H and O–H groups in total. The molecule has 0 bridgehead atoms. The average Bonchev–Trinajstić information content (AvgIpc) is 3.18. The Morgan fingerprint density at radius 3 is 2.43 bits per heavy atom. The molecular formula is C19H18ClN3O5S2. The summed E-state index contributed by atoms with van der Waals surface area (Å²) in [5, 5.41) is 8.65. The van der Waals surface area contributed by atoms with Gasteiger partial charge in [-0.1, -0.05) is 23.4 Å². The van der Waals surface area contributed by atoms with E-state index in [1.807, 2.05) is 0 Å². The summed E-state index contributed by atoms with van der Waals surface area (Å²) in [7, 11) is -1.91. The zero-order chi connectivity index (χ0) is 21.7. The SMILES string of the molecule is CN(c1ccc(C(=O)CSc2nnc(COc3ccc(Cl)cc3)o2)cc1)S(C)(=O)=O. The van der Waals surface area contributed by atoms with E-state index >= 15 is 0 Å². The molecule has 158 valence electrons. The van der Waals surface area contributed by atoms with Crippen LogP contribution in [-0.2, 0) is 16.6 Å². The summed E-state index contributed by atoms with van der Waals surface area (Å²) in [5.74, 6) is 0.853. The molecule has 1 aromatic heterocycles. The summed E-state index contributed by atoms with van der Waals surface area (Å²) in [6.45, 7) is 0.0957. The first-order valence-corrected chi connectivity index (χ1v) is 11.8. The van der Waals surface area contributed by atoms with Crippen molar-refractivity contribution in [2.24, 2.45) is 0 Å². The summed E-state index contributed by atoms with van der Waals surface area (Å²) in [6.07, 6.45) is 1.11. The molecule has 1 heterocycles. The predicted molar refractivity (Wildman–Crippen MR) is 115 cm³/mol. The van der Waals surface area contributed by atoms with E-state index in [0.717, 1.165) is 22.3 Å². The maximum Gasteiger partial charge on any atom is 0.277 e. The Bertz CT molecular complexity index is 1120. The lowest BCUT2D eigenvalue weighted by molar-refractivity contribution is 0.102. The van der Waals surface area contributed by atoms with Crippen LogP contribution in [0.3, 0.4) is 0 Å². The van der Waals surface area contributed by atoms with Crippen molar-refractivity contribution < 1.29 is 22.4 Å². The number of benzene rings is 2. The number of carbonyl (C=O) groups excluding carboxylic acids is 1. The molecule has 0 amide bonds. The first-order valence-electron chi connectivity index (χ1n) is 8.63. The van der Waals surface area contributed by atoms with Crippen LogP contribution in [0.5, 0.6) is 5.75 Å². The fourth-order valence-electron chi connectivity index (χ4n) is 2.29. The molecule has 30 heavy (non-hydrogen) atoms. The van der Waals surface area contributed by atoms with Gasteiger partial charge in [-0.3, -0.25) is 9.10 Å². The van der Waals surface area contributed by atoms with Crippen molar-refractivity contribution in [2.45, 2.75) is 11.8 Å². The van der Waals surface area contributed by atoms with Crippen LogP contribution in [0.15, 0.2) is 58.2 Å². The van der Waals surface area contributed by atoms with Crippen LogP contribution in [0.2, 0.25) is 5.02 Å². The number of Topliss-reactive ketones (excluding diaryl/α,β-unsaturated/α-hetero) is 1. The van der Waals surface area contributed by atoms with E-state index in [2.05, 4.69) is 10.2 Å². The van der Waals surface area contributed by atoms with Gasteiger partial charge in [-0.25, -0.2) is 8.42 Å². The van der Waals surface area contributed by atoms with Crippen LogP contribution in [0.25, 0.3) is 0 Å². The number of sulfonamides is 1. The van der Waals surface area contributed by atoms with Gasteiger partial charge in [0.25, 0.3) is 11.1 Å². The first-order chi connectivity index (χ1) is 14.2. The smallest absolute Gasteiger partial charge is 0.277 e. The third-order valence-electron chi connectivity index (χ3n) is 4.00. The lowest BCUT2D eigenvalue weighted by Gasteiger charge is -2.16. The van der Waals surface area contributed by atoms with E-state index in [1.54, 1.807) is 48.5 Å². The zero-order valence-corrected chi connectivity index (χ0v) is 18.5. The molecule has 3 aromatic rings. The molecule has 0 aliphatic rings. The number of aromatic nitrogens is 2. The number of ether oxygens (including phenoxy) is 1. The summed E-state index contributed by atoms with van der Waals surface area (Å²) < 4.78 is 35.3. The number of anilines is 1. The number of ketones is 1. The first kappa shape index (κ1) is 22.1. The molecule has 0 atom stereocenters. The topological polar surface area (TPSA) is 103 Å². The standard InChI is InChI=1S/C19H18ClN3O5S2/c1-23(30(2,25)26)15-7-3-13(4-8-15)17(24)12-29-19-22-21-18(28-19)11-27-16-9-5-14(20)6-10-16/h3-10H,11-12H2,1-2H3. The summed E-state index contributed by atoms with van der Waals surface area (Å²) in [5.41, 5.74) is 0.933. The monoisotopic (exact) mass is 467 g/mol. The number of carbonyl (C=O) groups is 1. The zero-order valence-electron chi connectivity index (χ0n) is 16.1. The van der Waals surface area contributed by atoms with E-state index < -0.39 is 10.0 Å². The minimum Gasteiger partial charge on any atom is -0.484 e. The van der Waals surface area contributed by atoms with E-state index in [1.165, 1.54) is 7.05 Å². The molecule has 0 spiro atoms. The maximum atomic E-state index is 12.4. The molecule has 0 fully saturated rings. The van der Waals surface area contributed by atoms with E-state index in [-0.39, 0.29) is 29.3 Å². The fraction of sp³-hybridized carbons (Fsp3) is 0.211. The van der Waals surface area contributed by atoms with Crippen molar-refractivity contribution >= 4 is 44.9 Å².